The van der Waals surface area contributed by atoms with E-state index >= 15 is 0 Å². The van der Waals surface area contributed by atoms with E-state index < -0.39 is 36.5 Å². The molecule has 0 radical (unpaired) electrons. The quantitative estimate of drug-likeness (QED) is 0.0235. The SMILES string of the molecule is CCCCCCCC/C=C\CCCCCCCCNC(=O)C(CCCCNC(=O)CCCCC(=O)NCCCCC(NC(=O)C(CO)NC(=O)C(N)CCCCN)C(=O)NCCC)NCCNC.CO.NCCCCC(N)C=O. The van der Waals surface area contributed by atoms with Gasteiger partial charge in [0.1, 0.15) is 18.4 Å². The maximum Gasteiger partial charge on any atom is 0.245 e. The number of nitrogens with two attached hydrogens (primary N) is 4. The van der Waals surface area contributed by atoms with E-state index in [1.165, 1.54) is 77.0 Å². The molecule has 0 aromatic carbocycles. The zero-order valence-electron chi connectivity index (χ0n) is 50.0. The van der Waals surface area contributed by atoms with Gasteiger partial charge in [0.05, 0.1) is 24.7 Å². The van der Waals surface area contributed by atoms with Crippen LogP contribution in [0.4, 0.5) is 0 Å². The van der Waals surface area contributed by atoms with Crippen molar-refractivity contribution in [2.24, 2.45) is 22.9 Å². The number of unbranched alkanes of at least 4 members (excludes halogenated alkanes) is 17. The minimum Gasteiger partial charge on any atom is -0.400 e. The Hall–Kier alpha value is -4.09. The maximum absolute atomic E-state index is 13.0. The van der Waals surface area contributed by atoms with Crippen LogP contribution in [-0.2, 0) is 33.6 Å². The number of likely N-dealkylation sites (N-methyl/N-ethyl adjacent to an activating group) is 1. The molecule has 0 aromatic heterocycles. The summed E-state index contributed by atoms with van der Waals surface area (Å²) in [5, 5.41) is 40.2. The summed E-state index contributed by atoms with van der Waals surface area (Å²) in [6.07, 6.45) is 33.6. The molecule has 0 saturated carbocycles. The van der Waals surface area contributed by atoms with E-state index in [0.717, 1.165) is 64.9 Å². The molecule has 21 nitrogen and oxygen atoms in total. The summed E-state index contributed by atoms with van der Waals surface area (Å²) in [6.45, 7) is 8.19. The van der Waals surface area contributed by atoms with Gasteiger partial charge in [-0.1, -0.05) is 96.6 Å². The number of allylic oxidation sites excluding steroid dienone is 2. The minimum atomic E-state index is -1.27. The van der Waals surface area contributed by atoms with Crippen molar-refractivity contribution in [2.45, 2.75) is 243 Å². The molecule has 464 valence electrons. The van der Waals surface area contributed by atoms with Gasteiger partial charge in [-0.3, -0.25) is 28.8 Å². The molecule has 0 saturated heterocycles. The number of rotatable bonds is 53. The Morgan fingerprint density at radius 1 is 0.456 bits per heavy atom. The van der Waals surface area contributed by atoms with Gasteiger partial charge in [-0.2, -0.15) is 0 Å². The molecular weight excluding hydrogens is 1010 g/mol. The molecule has 0 aliphatic heterocycles. The zero-order valence-corrected chi connectivity index (χ0v) is 50.0. The summed E-state index contributed by atoms with van der Waals surface area (Å²) >= 11 is 0. The number of nitrogens with one attached hydrogen (secondary N) is 8. The summed E-state index contributed by atoms with van der Waals surface area (Å²) in [6, 6.07) is -3.56. The average molecular weight is 1130 g/mol. The molecule has 0 heterocycles. The van der Waals surface area contributed by atoms with Crippen LogP contribution in [0.25, 0.3) is 0 Å². The molecule has 0 fully saturated rings. The van der Waals surface area contributed by atoms with E-state index in [1.54, 1.807) is 0 Å². The summed E-state index contributed by atoms with van der Waals surface area (Å²) in [7, 11) is 2.89. The van der Waals surface area contributed by atoms with Crippen LogP contribution in [0, 0.1) is 0 Å². The van der Waals surface area contributed by atoms with E-state index in [2.05, 4.69) is 61.6 Å². The Kier molecular flexibility index (Phi) is 61.6. The van der Waals surface area contributed by atoms with Gasteiger partial charge in [0.2, 0.25) is 35.4 Å². The first kappa shape index (κ1) is 79.1. The fourth-order valence-corrected chi connectivity index (χ4v) is 8.17. The van der Waals surface area contributed by atoms with Crippen molar-refractivity contribution in [1.82, 2.24) is 42.5 Å². The van der Waals surface area contributed by atoms with Gasteiger partial charge >= 0.3 is 0 Å². The van der Waals surface area contributed by atoms with Crippen LogP contribution in [-0.4, -0.2) is 155 Å². The van der Waals surface area contributed by atoms with Gasteiger partial charge in [-0.25, -0.2) is 0 Å². The van der Waals surface area contributed by atoms with Gasteiger partial charge in [-0.05, 0) is 136 Å². The standard InChI is InChI=1S/C51H100N10O7.C6H14N2O.CH4O/c1-4-6-7-8-9-10-11-12-13-14-15-16-17-18-19-26-38-59-49(66)43(55-40-39-54-3)30-23-27-36-56-46(63)32-20-21-33-47(64)57-37-28-24-31-44(50(67)58-35-5-2)60-51(68)45(41-62)61-48(65)42(53)29-22-25-34-52;7-4-2-1-3-6(8)5-9;1-2/h12-13,42-45,54-55,62H,4-11,14-41,52-53H2,1-3H3,(H,56,63)(H,57,64)(H,58,67)(H,59,66)(H,60,68)(H,61,65);5-6H,1-4,7-8H2;2H,1H3/b13-12-;;. The van der Waals surface area contributed by atoms with Crippen molar-refractivity contribution < 1.29 is 43.8 Å². The number of hydrogen-bond donors (Lipinski definition) is 14. The molecule has 0 aromatic rings. The molecule has 0 aliphatic carbocycles. The molecule has 0 aliphatic rings. The minimum absolute atomic E-state index is 0.0390. The van der Waals surface area contributed by atoms with E-state index in [9.17, 15) is 38.7 Å². The second-order valence-electron chi connectivity index (χ2n) is 20.3. The first-order chi connectivity index (χ1) is 38.3. The van der Waals surface area contributed by atoms with Crippen molar-refractivity contribution in [3.05, 3.63) is 12.2 Å². The first-order valence-electron chi connectivity index (χ1n) is 30.5. The lowest BCUT2D eigenvalue weighted by Gasteiger charge is -2.23. The highest BCUT2D eigenvalue weighted by atomic mass is 16.3. The molecule has 0 bridgehead atoms. The number of amides is 6. The Balaban J connectivity index is -0.00000473. The Morgan fingerprint density at radius 3 is 1.43 bits per heavy atom. The van der Waals surface area contributed by atoms with Gasteiger partial charge < -0.3 is 80.5 Å². The molecule has 5 unspecified atom stereocenters. The van der Waals surface area contributed by atoms with Crippen LogP contribution >= 0.6 is 0 Å². The number of carbonyl (C=O) groups excluding carboxylic acids is 7. The number of aliphatic hydroxyl groups excluding tert-OH is 2. The normalized spacial score (nSPS) is 12.8. The van der Waals surface area contributed by atoms with Crippen molar-refractivity contribution in [1.29, 1.82) is 0 Å². The molecule has 6 amide bonds. The molecule has 0 spiro atoms. The number of aldehydes is 1. The highest BCUT2D eigenvalue weighted by molar-refractivity contribution is 5.93. The van der Waals surface area contributed by atoms with Gasteiger partial charge in [0, 0.05) is 59.2 Å². The highest BCUT2D eigenvalue weighted by Crippen LogP contribution is 2.11. The smallest absolute Gasteiger partial charge is 0.245 e. The van der Waals surface area contributed by atoms with Gasteiger partial charge in [-0.15, -0.1) is 0 Å². The Bertz CT molecular complexity index is 1500. The fraction of sp³-hybridized carbons (Fsp3) is 0.845. The van der Waals surface area contributed by atoms with E-state index in [4.69, 9.17) is 28.0 Å². The average Bonchev–Trinajstić information content (AvgIpc) is 3.45. The van der Waals surface area contributed by atoms with Crippen LogP contribution in [0.2, 0.25) is 0 Å². The zero-order chi connectivity index (χ0) is 59.4. The lowest BCUT2D eigenvalue weighted by molar-refractivity contribution is -0.133. The van der Waals surface area contributed by atoms with E-state index in [-0.39, 0.29) is 42.1 Å². The predicted octanol–water partition coefficient (Wildman–Crippen LogP) is 3.65. The fourth-order valence-electron chi connectivity index (χ4n) is 8.17. The second kappa shape index (κ2) is 61.5. The lowest BCUT2D eigenvalue weighted by atomic mass is 10.1. The van der Waals surface area contributed by atoms with Crippen LogP contribution in [0.1, 0.15) is 213 Å². The highest BCUT2D eigenvalue weighted by Gasteiger charge is 2.27. The third-order valence-electron chi connectivity index (χ3n) is 13.1. The third-order valence-corrected chi connectivity index (χ3v) is 13.1. The lowest BCUT2D eigenvalue weighted by Crippen LogP contribution is -2.57. The molecular formula is C58H118N12O9. The number of aliphatic hydroxyl groups is 2. The molecule has 5 atom stereocenters. The topological polar surface area (TPSA) is 360 Å². The van der Waals surface area contributed by atoms with Crippen molar-refractivity contribution in [3.63, 3.8) is 0 Å². The third kappa shape index (κ3) is 53.0. The van der Waals surface area contributed by atoms with Crippen LogP contribution in [0.5, 0.6) is 0 Å². The number of carbonyl (C=O) groups is 7. The van der Waals surface area contributed by atoms with E-state index in [1.807, 2.05) is 14.0 Å². The summed E-state index contributed by atoms with van der Waals surface area (Å²) in [5.41, 5.74) is 22.0. The first-order valence-corrected chi connectivity index (χ1v) is 30.5. The molecule has 18 N–H and O–H groups in total. The van der Waals surface area contributed by atoms with E-state index in [0.29, 0.717) is 116 Å². The number of hydrogen-bond acceptors (Lipinski definition) is 15. The van der Waals surface area contributed by atoms with Crippen molar-refractivity contribution in [2.75, 3.05) is 73.1 Å². The Morgan fingerprint density at radius 2 is 0.911 bits per heavy atom. The summed E-state index contributed by atoms with van der Waals surface area (Å²) in [4.78, 5) is 86.2. The Labute approximate surface area is 477 Å². The predicted molar refractivity (Wildman–Crippen MR) is 321 cm³/mol. The second-order valence-corrected chi connectivity index (χ2v) is 20.3. The van der Waals surface area contributed by atoms with Gasteiger partial charge in [0.15, 0.2) is 0 Å². The van der Waals surface area contributed by atoms with Crippen molar-refractivity contribution >= 4 is 41.7 Å². The van der Waals surface area contributed by atoms with Crippen LogP contribution in [0.3, 0.4) is 0 Å². The molecule has 79 heavy (non-hydrogen) atoms. The maximum atomic E-state index is 13.0. The molecule has 0 rings (SSSR count). The summed E-state index contributed by atoms with van der Waals surface area (Å²) < 4.78 is 0. The van der Waals surface area contributed by atoms with Crippen LogP contribution < -0.4 is 65.5 Å². The van der Waals surface area contributed by atoms with Crippen LogP contribution in [0.15, 0.2) is 12.2 Å². The van der Waals surface area contributed by atoms with Gasteiger partial charge in [0.25, 0.3) is 0 Å². The largest absolute Gasteiger partial charge is 0.400 e. The monoisotopic (exact) mass is 1130 g/mol. The molecule has 21 heteroatoms. The van der Waals surface area contributed by atoms with Crippen molar-refractivity contribution in [3.8, 4) is 0 Å². The summed E-state index contributed by atoms with van der Waals surface area (Å²) in [5.74, 6) is -1.77.